The predicted molar refractivity (Wildman–Crippen MR) is 47.8 cm³/mol. The number of nitrogens with two attached hydrogens (primary N) is 1. The third-order valence-electron chi connectivity index (χ3n) is 2.13. The second-order valence-corrected chi connectivity index (χ2v) is 3.00. The lowest BCUT2D eigenvalue weighted by molar-refractivity contribution is -0.122. The van der Waals surface area contributed by atoms with Crippen molar-refractivity contribution in [3.05, 3.63) is 24.0 Å². The first-order valence-corrected chi connectivity index (χ1v) is 4.04. The number of hydrogen-bond acceptors (Lipinski definition) is 2. The zero-order chi connectivity index (χ0) is 9.42. The van der Waals surface area contributed by atoms with Crippen LogP contribution in [0.2, 0.25) is 0 Å². The van der Waals surface area contributed by atoms with Gasteiger partial charge in [-0.1, -0.05) is 0 Å². The Hall–Kier alpha value is -1.58. The molecule has 68 valence electrons. The first-order chi connectivity index (χ1) is 6.18. The van der Waals surface area contributed by atoms with Crippen LogP contribution in [0.25, 0.3) is 0 Å². The number of benzene rings is 1. The molecule has 1 aliphatic rings. The summed E-state index contributed by atoms with van der Waals surface area (Å²) < 4.78 is 12.6. The molecule has 1 saturated heterocycles. The summed E-state index contributed by atoms with van der Waals surface area (Å²) in [6, 6.07) is 4.06. The number of carbonyl (C=O) groups excluding carboxylic acids is 1. The minimum atomic E-state index is -0.380. The number of anilines is 2. The molecule has 0 aliphatic carbocycles. The smallest absolute Gasteiger partial charge is 0.228 e. The van der Waals surface area contributed by atoms with Crippen molar-refractivity contribution in [1.29, 1.82) is 0 Å². The molecule has 0 atom stereocenters. The number of hydrogen-bond donors (Lipinski definition) is 1. The second-order valence-electron chi connectivity index (χ2n) is 3.00. The van der Waals surface area contributed by atoms with Gasteiger partial charge in [-0.3, -0.25) is 4.79 Å². The van der Waals surface area contributed by atoms with Crippen molar-refractivity contribution in [1.82, 2.24) is 0 Å². The standard InChI is InChI=1S/C9H9FN2O/c10-6-1-2-8(7(11)5-6)12-4-3-9(12)13/h1-2,5H,3-4,11H2. The fraction of sp³-hybridized carbons (Fsp3) is 0.222. The normalized spacial score (nSPS) is 15.8. The fourth-order valence-corrected chi connectivity index (χ4v) is 1.34. The van der Waals surface area contributed by atoms with E-state index in [1.54, 1.807) is 4.90 Å². The van der Waals surface area contributed by atoms with Crippen LogP contribution < -0.4 is 10.6 Å². The van der Waals surface area contributed by atoms with Gasteiger partial charge in [0.05, 0.1) is 11.4 Å². The third-order valence-corrected chi connectivity index (χ3v) is 2.13. The molecule has 0 saturated carbocycles. The summed E-state index contributed by atoms with van der Waals surface area (Å²) in [6.07, 6.45) is 0.552. The van der Waals surface area contributed by atoms with Crippen molar-refractivity contribution in [3.63, 3.8) is 0 Å². The highest BCUT2D eigenvalue weighted by atomic mass is 19.1. The summed E-state index contributed by atoms with van der Waals surface area (Å²) in [4.78, 5) is 12.6. The van der Waals surface area contributed by atoms with Crippen molar-refractivity contribution in [3.8, 4) is 0 Å². The van der Waals surface area contributed by atoms with Crippen LogP contribution in [0, 0.1) is 5.82 Å². The lowest BCUT2D eigenvalue weighted by Crippen LogP contribution is -2.43. The molecule has 0 unspecified atom stereocenters. The Labute approximate surface area is 74.9 Å². The number of halogens is 1. The largest absolute Gasteiger partial charge is 0.397 e. The van der Waals surface area contributed by atoms with Gasteiger partial charge in [-0.15, -0.1) is 0 Å². The second kappa shape index (κ2) is 2.73. The monoisotopic (exact) mass is 180 g/mol. The molecule has 2 N–H and O–H groups in total. The summed E-state index contributed by atoms with van der Waals surface area (Å²) in [5, 5.41) is 0. The zero-order valence-corrected chi connectivity index (χ0v) is 6.96. The number of amides is 1. The van der Waals surface area contributed by atoms with Crippen LogP contribution in [-0.4, -0.2) is 12.5 Å². The lowest BCUT2D eigenvalue weighted by Gasteiger charge is -2.31. The van der Waals surface area contributed by atoms with Crippen molar-refractivity contribution >= 4 is 17.3 Å². The number of rotatable bonds is 1. The van der Waals surface area contributed by atoms with Crippen LogP contribution in [0.1, 0.15) is 6.42 Å². The first kappa shape index (κ1) is 8.04. The average Bonchev–Trinajstić information content (AvgIpc) is 2.07. The Bertz CT molecular complexity index is 365. The number of nitrogen functional groups attached to an aromatic ring is 1. The van der Waals surface area contributed by atoms with Crippen molar-refractivity contribution in [2.75, 3.05) is 17.2 Å². The Morgan fingerprint density at radius 3 is 2.69 bits per heavy atom. The van der Waals surface area contributed by atoms with Crippen LogP contribution in [0.3, 0.4) is 0 Å². The predicted octanol–water partition coefficient (Wildman–Crippen LogP) is 1.14. The van der Waals surface area contributed by atoms with E-state index < -0.39 is 0 Å². The van der Waals surface area contributed by atoms with Crippen molar-refractivity contribution in [2.24, 2.45) is 0 Å². The topological polar surface area (TPSA) is 46.3 Å². The van der Waals surface area contributed by atoms with Crippen LogP contribution >= 0.6 is 0 Å². The molecule has 4 heteroatoms. The zero-order valence-electron chi connectivity index (χ0n) is 6.96. The van der Waals surface area contributed by atoms with Gasteiger partial charge in [-0.25, -0.2) is 4.39 Å². The summed E-state index contributed by atoms with van der Waals surface area (Å²) in [7, 11) is 0. The van der Waals surface area contributed by atoms with E-state index in [1.807, 2.05) is 0 Å². The Morgan fingerprint density at radius 1 is 1.46 bits per heavy atom. The molecule has 0 radical (unpaired) electrons. The molecular formula is C9H9FN2O. The summed E-state index contributed by atoms with van der Waals surface area (Å²) in [5.41, 5.74) is 6.48. The van der Waals surface area contributed by atoms with Gasteiger partial charge < -0.3 is 10.6 Å². The molecule has 1 heterocycles. The van der Waals surface area contributed by atoms with Gasteiger partial charge >= 0.3 is 0 Å². The van der Waals surface area contributed by atoms with Crippen LogP contribution in [-0.2, 0) is 4.79 Å². The van der Waals surface area contributed by atoms with Gasteiger partial charge in [0.1, 0.15) is 5.82 Å². The fourth-order valence-electron chi connectivity index (χ4n) is 1.34. The van der Waals surface area contributed by atoms with E-state index >= 15 is 0 Å². The van der Waals surface area contributed by atoms with Gasteiger partial charge in [-0.2, -0.15) is 0 Å². The van der Waals surface area contributed by atoms with Crippen LogP contribution in [0.4, 0.5) is 15.8 Å². The highest BCUT2D eigenvalue weighted by Crippen LogP contribution is 2.28. The summed E-state index contributed by atoms with van der Waals surface area (Å²) >= 11 is 0. The molecule has 13 heavy (non-hydrogen) atoms. The van der Waals surface area contributed by atoms with Gasteiger partial charge in [0.2, 0.25) is 5.91 Å². The molecule has 1 aliphatic heterocycles. The summed E-state index contributed by atoms with van der Waals surface area (Å²) in [6.45, 7) is 0.675. The van der Waals surface area contributed by atoms with E-state index in [-0.39, 0.29) is 11.7 Å². The van der Waals surface area contributed by atoms with Crippen molar-refractivity contribution in [2.45, 2.75) is 6.42 Å². The molecule has 2 rings (SSSR count). The Kier molecular flexibility index (Phi) is 1.69. The van der Waals surface area contributed by atoms with Gasteiger partial charge in [0.25, 0.3) is 0 Å². The molecule has 3 nitrogen and oxygen atoms in total. The van der Waals surface area contributed by atoms with E-state index in [9.17, 15) is 9.18 Å². The van der Waals surface area contributed by atoms with Gasteiger partial charge in [0.15, 0.2) is 0 Å². The maximum atomic E-state index is 12.6. The maximum Gasteiger partial charge on any atom is 0.228 e. The van der Waals surface area contributed by atoms with E-state index in [2.05, 4.69) is 0 Å². The average molecular weight is 180 g/mol. The lowest BCUT2D eigenvalue weighted by atomic mass is 10.1. The minimum absolute atomic E-state index is 0.0401. The van der Waals surface area contributed by atoms with E-state index in [1.165, 1.54) is 18.2 Å². The number of nitrogens with zero attached hydrogens (tertiary/aromatic N) is 1. The number of carbonyl (C=O) groups is 1. The van der Waals surface area contributed by atoms with Crippen LogP contribution in [0.15, 0.2) is 18.2 Å². The molecule has 0 bridgehead atoms. The molecule has 0 aromatic heterocycles. The molecule has 0 spiro atoms. The third kappa shape index (κ3) is 1.24. The quantitative estimate of drug-likeness (QED) is 0.520. The molecule has 1 amide bonds. The Morgan fingerprint density at radius 2 is 2.23 bits per heavy atom. The highest BCUT2D eigenvalue weighted by molar-refractivity contribution is 6.01. The van der Waals surface area contributed by atoms with E-state index in [0.717, 1.165) is 0 Å². The highest BCUT2D eigenvalue weighted by Gasteiger charge is 2.26. The van der Waals surface area contributed by atoms with Gasteiger partial charge in [-0.05, 0) is 18.2 Å². The molecular weight excluding hydrogens is 171 g/mol. The molecule has 1 aromatic rings. The van der Waals surface area contributed by atoms with E-state index in [4.69, 9.17) is 5.73 Å². The Balaban J connectivity index is 2.35. The minimum Gasteiger partial charge on any atom is -0.397 e. The molecule has 1 fully saturated rings. The van der Waals surface area contributed by atoms with E-state index in [0.29, 0.717) is 24.3 Å². The van der Waals surface area contributed by atoms with Crippen molar-refractivity contribution < 1.29 is 9.18 Å². The van der Waals surface area contributed by atoms with Gasteiger partial charge in [0, 0.05) is 13.0 Å². The first-order valence-electron chi connectivity index (χ1n) is 4.04. The summed E-state index contributed by atoms with van der Waals surface area (Å²) in [5.74, 6) is -0.340. The molecule has 1 aromatic carbocycles. The van der Waals surface area contributed by atoms with Crippen LogP contribution in [0.5, 0.6) is 0 Å². The SMILES string of the molecule is Nc1cc(F)ccc1N1CCC1=O. The maximum absolute atomic E-state index is 12.6. The number of β-lactam (4-membered cyclic amide) rings is 1.